The third kappa shape index (κ3) is 2.81. The van der Waals surface area contributed by atoms with Crippen LogP contribution in [-0.4, -0.2) is 16.2 Å². The van der Waals surface area contributed by atoms with Crippen LogP contribution < -0.4 is 11.1 Å². The number of nitrogens with two attached hydrogens (primary N) is 1. The molecule has 0 bridgehead atoms. The smallest absolute Gasteiger partial charge is 0.224 e. The molecular formula is C11H11ClN4S. The molecule has 1 heterocycles. The number of nitrogen functional groups attached to an aromatic ring is 1. The van der Waals surface area contributed by atoms with Gasteiger partial charge in [0.05, 0.1) is 17.6 Å². The molecule has 0 radical (unpaired) electrons. The fraction of sp³-hybridized carbons (Fsp3) is 0.0909. The lowest BCUT2D eigenvalue weighted by atomic mass is 10.3. The lowest BCUT2D eigenvalue weighted by Crippen LogP contribution is -2.01. The number of hydrogen-bond acceptors (Lipinski definition) is 5. The molecule has 0 saturated heterocycles. The number of thioether (sulfide) groups is 1. The molecule has 0 aliphatic heterocycles. The van der Waals surface area contributed by atoms with Gasteiger partial charge in [-0.1, -0.05) is 12.1 Å². The van der Waals surface area contributed by atoms with E-state index < -0.39 is 0 Å². The lowest BCUT2D eigenvalue weighted by Gasteiger charge is -2.11. The van der Waals surface area contributed by atoms with Crippen LogP contribution in [0.1, 0.15) is 0 Å². The first-order chi connectivity index (χ1) is 8.20. The van der Waals surface area contributed by atoms with Gasteiger partial charge in [0.15, 0.2) is 5.82 Å². The summed E-state index contributed by atoms with van der Waals surface area (Å²) in [6.07, 6.45) is 3.50. The minimum atomic E-state index is 0.170. The van der Waals surface area contributed by atoms with Crippen LogP contribution >= 0.6 is 23.4 Å². The third-order valence-electron chi connectivity index (χ3n) is 2.15. The Balaban J connectivity index is 2.34. The van der Waals surface area contributed by atoms with Crippen LogP contribution in [-0.2, 0) is 0 Å². The summed E-state index contributed by atoms with van der Waals surface area (Å²) in [5, 5.41) is 3.32. The zero-order chi connectivity index (χ0) is 12.3. The van der Waals surface area contributed by atoms with Crippen molar-refractivity contribution < 1.29 is 0 Å². The Morgan fingerprint density at radius 1 is 1.35 bits per heavy atom. The molecule has 0 saturated carbocycles. The molecule has 0 spiro atoms. The number of nitrogens with zero attached hydrogens (tertiary/aromatic N) is 2. The van der Waals surface area contributed by atoms with Gasteiger partial charge in [-0.3, -0.25) is 0 Å². The molecule has 0 amide bonds. The molecule has 17 heavy (non-hydrogen) atoms. The van der Waals surface area contributed by atoms with E-state index in [2.05, 4.69) is 15.3 Å². The van der Waals surface area contributed by atoms with Crippen molar-refractivity contribution in [2.24, 2.45) is 0 Å². The van der Waals surface area contributed by atoms with Gasteiger partial charge in [-0.05, 0) is 30.0 Å². The molecule has 2 aromatic rings. The Hall–Kier alpha value is -1.46. The predicted molar refractivity (Wildman–Crippen MR) is 73.0 cm³/mol. The molecule has 2 rings (SSSR count). The molecule has 88 valence electrons. The van der Waals surface area contributed by atoms with E-state index in [1.54, 1.807) is 11.8 Å². The first-order valence-corrected chi connectivity index (χ1v) is 6.49. The van der Waals surface area contributed by atoms with Crippen LogP contribution in [0.3, 0.4) is 0 Å². The van der Waals surface area contributed by atoms with Crippen molar-refractivity contribution in [2.45, 2.75) is 4.90 Å². The number of halogens is 1. The normalized spacial score (nSPS) is 10.2. The largest absolute Gasteiger partial charge is 0.394 e. The summed E-state index contributed by atoms with van der Waals surface area (Å²) in [5.41, 5.74) is 7.18. The van der Waals surface area contributed by atoms with Gasteiger partial charge in [-0.2, -0.15) is 4.98 Å². The van der Waals surface area contributed by atoms with E-state index in [0.717, 1.165) is 10.6 Å². The molecule has 4 nitrogen and oxygen atoms in total. The Bertz CT molecular complexity index is 533. The van der Waals surface area contributed by atoms with Crippen LogP contribution in [0.4, 0.5) is 17.2 Å². The third-order valence-corrected chi connectivity index (χ3v) is 3.13. The summed E-state index contributed by atoms with van der Waals surface area (Å²) in [6, 6.07) is 7.90. The molecule has 0 atom stereocenters. The molecule has 1 aromatic heterocycles. The van der Waals surface area contributed by atoms with Gasteiger partial charge in [0.2, 0.25) is 5.28 Å². The van der Waals surface area contributed by atoms with Gasteiger partial charge < -0.3 is 11.1 Å². The van der Waals surface area contributed by atoms with Gasteiger partial charge in [0, 0.05) is 4.90 Å². The van der Waals surface area contributed by atoms with Crippen molar-refractivity contribution in [3.63, 3.8) is 0 Å². The minimum absolute atomic E-state index is 0.170. The minimum Gasteiger partial charge on any atom is -0.394 e. The highest BCUT2D eigenvalue weighted by atomic mass is 35.5. The van der Waals surface area contributed by atoms with Gasteiger partial charge in [0.25, 0.3) is 0 Å². The molecule has 0 fully saturated rings. The Morgan fingerprint density at radius 2 is 2.12 bits per heavy atom. The second-order valence-corrected chi connectivity index (χ2v) is 4.45. The highest BCUT2D eigenvalue weighted by Gasteiger charge is 2.06. The molecular weight excluding hydrogens is 256 g/mol. The number of nitrogens with one attached hydrogen (secondary N) is 1. The highest BCUT2D eigenvalue weighted by molar-refractivity contribution is 7.98. The monoisotopic (exact) mass is 266 g/mol. The number of anilines is 3. The summed E-state index contributed by atoms with van der Waals surface area (Å²) in [4.78, 5) is 8.97. The zero-order valence-electron chi connectivity index (χ0n) is 9.14. The van der Waals surface area contributed by atoms with Gasteiger partial charge in [0.1, 0.15) is 0 Å². The van der Waals surface area contributed by atoms with Crippen LogP contribution in [0, 0.1) is 0 Å². The van der Waals surface area contributed by atoms with E-state index in [1.807, 2.05) is 30.5 Å². The van der Waals surface area contributed by atoms with Crippen molar-refractivity contribution in [1.82, 2.24) is 9.97 Å². The summed E-state index contributed by atoms with van der Waals surface area (Å²) >= 11 is 7.38. The van der Waals surface area contributed by atoms with Crippen LogP contribution in [0.2, 0.25) is 5.28 Å². The highest BCUT2D eigenvalue weighted by Crippen LogP contribution is 2.29. The van der Waals surface area contributed by atoms with Gasteiger partial charge >= 0.3 is 0 Å². The van der Waals surface area contributed by atoms with Crippen molar-refractivity contribution >= 4 is 40.6 Å². The summed E-state index contributed by atoms with van der Waals surface area (Å²) < 4.78 is 0. The van der Waals surface area contributed by atoms with Crippen LogP contribution in [0.5, 0.6) is 0 Å². The van der Waals surface area contributed by atoms with E-state index in [0.29, 0.717) is 11.5 Å². The Morgan fingerprint density at radius 3 is 2.88 bits per heavy atom. The maximum atomic E-state index is 5.78. The summed E-state index contributed by atoms with van der Waals surface area (Å²) in [6.45, 7) is 0. The summed E-state index contributed by atoms with van der Waals surface area (Å²) in [5.74, 6) is 0.520. The first kappa shape index (κ1) is 12.0. The van der Waals surface area contributed by atoms with E-state index in [9.17, 15) is 0 Å². The molecule has 0 aliphatic rings. The fourth-order valence-electron chi connectivity index (χ4n) is 1.35. The quantitative estimate of drug-likeness (QED) is 0.660. The second kappa shape index (κ2) is 5.25. The number of benzene rings is 1. The van der Waals surface area contributed by atoms with Gasteiger partial charge in [-0.15, -0.1) is 11.8 Å². The second-order valence-electron chi connectivity index (χ2n) is 3.27. The van der Waals surface area contributed by atoms with E-state index in [4.69, 9.17) is 17.3 Å². The Kier molecular flexibility index (Phi) is 3.71. The number of rotatable bonds is 3. The van der Waals surface area contributed by atoms with Crippen molar-refractivity contribution in [1.29, 1.82) is 0 Å². The molecule has 3 N–H and O–H groups in total. The number of hydrogen-bond donors (Lipinski definition) is 2. The number of aromatic nitrogens is 2. The van der Waals surface area contributed by atoms with Crippen LogP contribution in [0.25, 0.3) is 0 Å². The summed E-state index contributed by atoms with van der Waals surface area (Å²) in [7, 11) is 0. The van der Waals surface area contributed by atoms with Gasteiger partial charge in [-0.25, -0.2) is 4.98 Å². The number of para-hydroxylation sites is 1. The maximum absolute atomic E-state index is 5.78. The Labute approximate surface area is 109 Å². The zero-order valence-corrected chi connectivity index (χ0v) is 10.7. The standard InChI is InChI=1S/C11H11ClN4S/c1-17-9-5-3-2-4-8(9)15-10-7(13)6-14-11(12)16-10/h2-6H,13H2,1H3,(H,14,15,16). The topological polar surface area (TPSA) is 63.8 Å². The average Bonchev–Trinajstić information content (AvgIpc) is 2.34. The lowest BCUT2D eigenvalue weighted by molar-refractivity contribution is 1.17. The van der Waals surface area contributed by atoms with E-state index in [-0.39, 0.29) is 5.28 Å². The SMILES string of the molecule is CSc1ccccc1Nc1nc(Cl)ncc1N. The molecule has 1 aromatic carbocycles. The van der Waals surface area contributed by atoms with E-state index in [1.165, 1.54) is 6.20 Å². The van der Waals surface area contributed by atoms with Crippen molar-refractivity contribution in [3.8, 4) is 0 Å². The van der Waals surface area contributed by atoms with Crippen LogP contribution in [0.15, 0.2) is 35.4 Å². The maximum Gasteiger partial charge on any atom is 0.224 e. The average molecular weight is 267 g/mol. The molecule has 6 heteroatoms. The fourth-order valence-corrected chi connectivity index (χ4v) is 2.03. The molecule has 0 aliphatic carbocycles. The van der Waals surface area contributed by atoms with Crippen molar-refractivity contribution in [2.75, 3.05) is 17.3 Å². The van der Waals surface area contributed by atoms with Crippen molar-refractivity contribution in [3.05, 3.63) is 35.7 Å². The van der Waals surface area contributed by atoms with E-state index >= 15 is 0 Å². The first-order valence-electron chi connectivity index (χ1n) is 4.89. The molecule has 0 unspecified atom stereocenters. The predicted octanol–water partition coefficient (Wildman–Crippen LogP) is 3.18.